The van der Waals surface area contributed by atoms with Crippen molar-refractivity contribution in [1.29, 1.82) is 0 Å². The largest absolute Gasteiger partial charge is 0.478 e. The van der Waals surface area contributed by atoms with E-state index in [1.165, 1.54) is 0 Å². The van der Waals surface area contributed by atoms with E-state index < -0.39 is 5.97 Å². The molecule has 0 aromatic heterocycles. The topological polar surface area (TPSA) is 92.4 Å². The summed E-state index contributed by atoms with van der Waals surface area (Å²) in [7, 11) is 0. The first-order valence-electron chi connectivity index (χ1n) is 6.66. The second-order valence-corrected chi connectivity index (χ2v) is 5.55. The molecule has 0 saturated heterocycles. The second-order valence-electron chi connectivity index (χ2n) is 5.55. The van der Waals surface area contributed by atoms with E-state index in [1.54, 1.807) is 24.3 Å². The van der Waals surface area contributed by atoms with Gasteiger partial charge in [-0.25, -0.2) is 4.79 Å². The van der Waals surface area contributed by atoms with Crippen LogP contribution in [-0.4, -0.2) is 29.1 Å². The van der Waals surface area contributed by atoms with Crippen molar-refractivity contribution in [2.45, 2.75) is 38.6 Å². The number of rotatable bonds is 7. The van der Waals surface area contributed by atoms with E-state index >= 15 is 0 Å². The van der Waals surface area contributed by atoms with Crippen LogP contribution in [0.15, 0.2) is 24.3 Å². The molecule has 4 N–H and O–H groups in total. The Labute approximate surface area is 119 Å². The van der Waals surface area contributed by atoms with Gasteiger partial charge in [-0.05, 0) is 38.3 Å². The first-order valence-corrected chi connectivity index (χ1v) is 6.66. The van der Waals surface area contributed by atoms with Crippen molar-refractivity contribution in [1.82, 2.24) is 5.32 Å². The van der Waals surface area contributed by atoms with E-state index in [4.69, 9.17) is 10.8 Å². The third-order valence-corrected chi connectivity index (χ3v) is 2.96. The summed E-state index contributed by atoms with van der Waals surface area (Å²) in [6, 6.07) is 6.81. The van der Waals surface area contributed by atoms with Gasteiger partial charge in [0.25, 0.3) is 0 Å². The van der Waals surface area contributed by atoms with Crippen molar-refractivity contribution in [3.63, 3.8) is 0 Å². The first kappa shape index (κ1) is 16.2. The zero-order chi connectivity index (χ0) is 15.2. The number of carbonyl (C=O) groups excluding carboxylic acids is 1. The van der Waals surface area contributed by atoms with Crippen molar-refractivity contribution in [3.8, 4) is 0 Å². The Balaban J connectivity index is 2.41. The molecule has 0 atom stereocenters. The number of amides is 1. The van der Waals surface area contributed by atoms with Gasteiger partial charge in [0.05, 0.1) is 5.56 Å². The first-order chi connectivity index (χ1) is 9.29. The fourth-order valence-corrected chi connectivity index (χ4v) is 1.81. The van der Waals surface area contributed by atoms with Gasteiger partial charge >= 0.3 is 5.97 Å². The van der Waals surface area contributed by atoms with Crippen LogP contribution in [0, 0.1) is 0 Å². The maximum Gasteiger partial charge on any atom is 0.335 e. The Morgan fingerprint density at radius 2 is 1.95 bits per heavy atom. The van der Waals surface area contributed by atoms with Gasteiger partial charge in [-0.2, -0.15) is 0 Å². The number of carboxylic acid groups (broad SMARTS) is 1. The van der Waals surface area contributed by atoms with Gasteiger partial charge in [0.1, 0.15) is 0 Å². The van der Waals surface area contributed by atoms with Crippen LogP contribution in [0.25, 0.3) is 0 Å². The molecule has 1 aromatic carbocycles. The maximum absolute atomic E-state index is 11.6. The van der Waals surface area contributed by atoms with Gasteiger partial charge in [0, 0.05) is 18.5 Å². The summed E-state index contributed by atoms with van der Waals surface area (Å²) in [5, 5.41) is 11.8. The molecule has 5 heteroatoms. The fourth-order valence-electron chi connectivity index (χ4n) is 1.81. The van der Waals surface area contributed by atoms with Crippen LogP contribution in [-0.2, 0) is 11.2 Å². The van der Waals surface area contributed by atoms with Crippen LogP contribution in [0.3, 0.4) is 0 Å². The number of carboxylic acids is 1. The molecule has 0 aliphatic carbocycles. The molecule has 0 heterocycles. The molecule has 0 aliphatic heterocycles. The van der Waals surface area contributed by atoms with E-state index in [-0.39, 0.29) is 17.0 Å². The lowest BCUT2D eigenvalue weighted by Gasteiger charge is -2.17. The Kier molecular flexibility index (Phi) is 5.70. The second kappa shape index (κ2) is 7.05. The number of nitrogens with two attached hydrogens (primary N) is 1. The summed E-state index contributed by atoms with van der Waals surface area (Å²) in [6.07, 6.45) is 1.49. The van der Waals surface area contributed by atoms with Gasteiger partial charge in [-0.15, -0.1) is 0 Å². The van der Waals surface area contributed by atoms with Gasteiger partial charge in [-0.3, -0.25) is 4.79 Å². The van der Waals surface area contributed by atoms with Crippen LogP contribution in [0.4, 0.5) is 0 Å². The Morgan fingerprint density at radius 1 is 1.30 bits per heavy atom. The summed E-state index contributed by atoms with van der Waals surface area (Å²) < 4.78 is 0. The monoisotopic (exact) mass is 278 g/mol. The highest BCUT2D eigenvalue weighted by Gasteiger charge is 2.13. The maximum atomic E-state index is 11.6. The lowest BCUT2D eigenvalue weighted by molar-refractivity contribution is -0.121. The minimum absolute atomic E-state index is 0.0590. The van der Waals surface area contributed by atoms with Crippen LogP contribution < -0.4 is 11.1 Å². The van der Waals surface area contributed by atoms with Crippen molar-refractivity contribution in [2.75, 3.05) is 6.54 Å². The molecule has 1 rings (SSSR count). The van der Waals surface area contributed by atoms with Gasteiger partial charge in [0.2, 0.25) is 5.91 Å². The molecule has 0 unspecified atom stereocenters. The van der Waals surface area contributed by atoms with Gasteiger partial charge < -0.3 is 16.2 Å². The molecule has 0 bridgehead atoms. The highest BCUT2D eigenvalue weighted by molar-refractivity contribution is 5.89. The van der Waals surface area contributed by atoms with Crippen LogP contribution in [0.1, 0.15) is 42.6 Å². The Bertz CT molecular complexity index is 478. The van der Waals surface area contributed by atoms with Crippen molar-refractivity contribution in [2.24, 2.45) is 5.73 Å². The van der Waals surface area contributed by atoms with E-state index in [0.29, 0.717) is 25.8 Å². The molecule has 5 nitrogen and oxygen atoms in total. The molecular formula is C15H22N2O3. The molecule has 0 aliphatic rings. The van der Waals surface area contributed by atoms with Crippen molar-refractivity contribution >= 4 is 11.9 Å². The molecule has 20 heavy (non-hydrogen) atoms. The lowest BCUT2D eigenvalue weighted by Crippen LogP contribution is -2.34. The summed E-state index contributed by atoms with van der Waals surface area (Å²) in [6.45, 7) is 4.18. The molecule has 110 valence electrons. The highest BCUT2D eigenvalue weighted by Crippen LogP contribution is 2.09. The number of benzene rings is 1. The van der Waals surface area contributed by atoms with Gasteiger partial charge in [0.15, 0.2) is 0 Å². The van der Waals surface area contributed by atoms with E-state index in [0.717, 1.165) is 5.56 Å². The molecular weight excluding hydrogens is 256 g/mol. The average molecular weight is 278 g/mol. The van der Waals surface area contributed by atoms with Crippen LogP contribution in [0.2, 0.25) is 0 Å². The quantitative estimate of drug-likeness (QED) is 0.705. The third-order valence-electron chi connectivity index (χ3n) is 2.96. The molecule has 0 fully saturated rings. The summed E-state index contributed by atoms with van der Waals surface area (Å²) in [5.41, 5.74) is 6.46. The van der Waals surface area contributed by atoms with Gasteiger partial charge in [-0.1, -0.05) is 18.2 Å². The summed E-state index contributed by atoms with van der Waals surface area (Å²) in [4.78, 5) is 22.6. The normalized spacial score (nSPS) is 11.2. The Hall–Kier alpha value is -1.88. The fraction of sp³-hybridized carbons (Fsp3) is 0.467. The number of hydrogen-bond acceptors (Lipinski definition) is 3. The summed E-state index contributed by atoms with van der Waals surface area (Å²) in [5.74, 6) is -1.01. The summed E-state index contributed by atoms with van der Waals surface area (Å²) >= 11 is 0. The van der Waals surface area contributed by atoms with Crippen molar-refractivity contribution < 1.29 is 14.7 Å². The van der Waals surface area contributed by atoms with E-state index in [9.17, 15) is 9.59 Å². The molecule has 0 radical (unpaired) electrons. The van der Waals surface area contributed by atoms with E-state index in [1.807, 2.05) is 13.8 Å². The van der Waals surface area contributed by atoms with Crippen LogP contribution >= 0.6 is 0 Å². The van der Waals surface area contributed by atoms with E-state index in [2.05, 4.69) is 5.32 Å². The predicted molar refractivity (Wildman–Crippen MR) is 77.6 cm³/mol. The smallest absolute Gasteiger partial charge is 0.335 e. The zero-order valence-corrected chi connectivity index (χ0v) is 12.0. The lowest BCUT2D eigenvalue weighted by atomic mass is 10.00. The zero-order valence-electron chi connectivity index (χ0n) is 12.0. The third kappa shape index (κ3) is 5.84. The molecule has 1 aromatic rings. The SMILES string of the molecule is CC(C)(N)CCC(=O)NCCc1ccccc1C(=O)O. The number of aromatic carboxylic acids is 1. The highest BCUT2D eigenvalue weighted by atomic mass is 16.4. The standard InChI is InChI=1S/C15H22N2O3/c1-15(2,16)9-7-13(18)17-10-8-11-5-3-4-6-12(11)14(19)20/h3-6H,7-10,16H2,1-2H3,(H,17,18)(H,19,20). The number of nitrogens with one attached hydrogen (secondary N) is 1. The van der Waals surface area contributed by atoms with Crippen LogP contribution in [0.5, 0.6) is 0 Å². The molecule has 0 spiro atoms. The number of hydrogen-bond donors (Lipinski definition) is 3. The predicted octanol–water partition coefficient (Wildman–Crippen LogP) is 1.56. The average Bonchev–Trinajstić information content (AvgIpc) is 2.36. The molecule has 0 saturated carbocycles. The number of carbonyl (C=O) groups is 2. The Morgan fingerprint density at radius 3 is 2.55 bits per heavy atom. The minimum Gasteiger partial charge on any atom is -0.478 e. The molecule has 1 amide bonds. The minimum atomic E-state index is -0.947. The van der Waals surface area contributed by atoms with Crippen molar-refractivity contribution in [3.05, 3.63) is 35.4 Å².